The van der Waals surface area contributed by atoms with E-state index in [-0.39, 0.29) is 11.3 Å². The molecule has 1 aliphatic heterocycles. The van der Waals surface area contributed by atoms with Gasteiger partial charge in [0.1, 0.15) is 11.5 Å². The van der Waals surface area contributed by atoms with E-state index in [0.29, 0.717) is 27.6 Å². The summed E-state index contributed by atoms with van der Waals surface area (Å²) in [5.74, 6) is -1.14. The van der Waals surface area contributed by atoms with Gasteiger partial charge in [-0.15, -0.1) is 0 Å². The number of amides is 1. The van der Waals surface area contributed by atoms with Gasteiger partial charge in [0.05, 0.1) is 18.7 Å². The number of hydrogen-bond acceptors (Lipinski definition) is 5. The molecule has 0 bridgehead atoms. The third-order valence-corrected chi connectivity index (χ3v) is 5.19. The Labute approximate surface area is 178 Å². The average molecular weight is 421 g/mol. The van der Waals surface area contributed by atoms with E-state index in [2.05, 4.69) is 4.98 Å². The molecule has 1 amide bonds. The van der Waals surface area contributed by atoms with Crippen molar-refractivity contribution in [3.63, 3.8) is 0 Å². The molecule has 0 spiro atoms. The van der Waals surface area contributed by atoms with Crippen LogP contribution in [-0.4, -0.2) is 28.9 Å². The number of carbonyl (C=O) groups is 2. The van der Waals surface area contributed by atoms with Gasteiger partial charge >= 0.3 is 0 Å². The molecule has 0 saturated carbocycles. The van der Waals surface area contributed by atoms with Gasteiger partial charge in [0.25, 0.3) is 11.7 Å². The summed E-state index contributed by atoms with van der Waals surface area (Å²) in [5, 5.41) is 11.5. The normalized spacial score (nSPS) is 17.9. The lowest BCUT2D eigenvalue weighted by atomic mass is 9.96. The molecular weight excluding hydrogens is 404 g/mol. The van der Waals surface area contributed by atoms with Crippen LogP contribution in [-0.2, 0) is 9.59 Å². The summed E-state index contributed by atoms with van der Waals surface area (Å²) in [6, 6.07) is 15.8. The van der Waals surface area contributed by atoms with E-state index >= 15 is 0 Å². The molecule has 0 aliphatic carbocycles. The van der Waals surface area contributed by atoms with Crippen LogP contribution in [0.5, 0.6) is 5.75 Å². The van der Waals surface area contributed by atoms with E-state index in [4.69, 9.17) is 16.3 Å². The number of carbonyl (C=O) groups excluding carboxylic acids is 2. The standard InChI is InChI=1S/C23H17ClN2O4/c1-30-18-8-2-15(3-9-18)21(27)19-20(14-10-12-25-13-11-14)26(23(29)22(19)28)17-6-4-16(24)5-7-17/h2-13,20,27H,1H3/b21-19-. The molecule has 1 unspecified atom stereocenters. The highest BCUT2D eigenvalue weighted by Gasteiger charge is 2.46. The second-order valence-corrected chi connectivity index (χ2v) is 7.09. The predicted molar refractivity (Wildman–Crippen MR) is 113 cm³/mol. The fourth-order valence-corrected chi connectivity index (χ4v) is 3.59. The highest BCUT2D eigenvalue weighted by molar-refractivity contribution is 6.51. The fourth-order valence-electron chi connectivity index (χ4n) is 3.47. The number of ether oxygens (including phenoxy) is 1. The Morgan fingerprint density at radius 1 is 1.00 bits per heavy atom. The number of benzene rings is 2. The number of ketones is 1. The van der Waals surface area contributed by atoms with Crippen molar-refractivity contribution in [1.29, 1.82) is 0 Å². The summed E-state index contributed by atoms with van der Waals surface area (Å²) in [6.45, 7) is 0. The van der Waals surface area contributed by atoms with E-state index in [0.717, 1.165) is 0 Å². The molecule has 1 aromatic heterocycles. The summed E-state index contributed by atoms with van der Waals surface area (Å²) in [6.07, 6.45) is 3.15. The zero-order valence-electron chi connectivity index (χ0n) is 15.9. The van der Waals surface area contributed by atoms with E-state index in [9.17, 15) is 14.7 Å². The van der Waals surface area contributed by atoms with Crippen LogP contribution in [0.15, 0.2) is 78.6 Å². The molecule has 1 atom stereocenters. The zero-order chi connectivity index (χ0) is 21.3. The maximum atomic E-state index is 13.0. The van der Waals surface area contributed by atoms with E-state index in [1.165, 1.54) is 12.0 Å². The number of methoxy groups -OCH3 is 1. The van der Waals surface area contributed by atoms with Gasteiger partial charge in [-0.3, -0.25) is 19.5 Å². The number of Topliss-reactive ketones (excluding diaryl/α,β-unsaturated/α-hetero) is 1. The fraction of sp³-hybridized carbons (Fsp3) is 0.0870. The first-order chi connectivity index (χ1) is 14.5. The number of pyridine rings is 1. The van der Waals surface area contributed by atoms with Gasteiger partial charge in [-0.25, -0.2) is 0 Å². The summed E-state index contributed by atoms with van der Waals surface area (Å²) in [5.41, 5.74) is 1.56. The number of aliphatic hydroxyl groups excluding tert-OH is 1. The number of nitrogens with zero attached hydrogens (tertiary/aromatic N) is 2. The monoisotopic (exact) mass is 420 g/mol. The van der Waals surface area contributed by atoms with Gasteiger partial charge in [0, 0.05) is 28.7 Å². The minimum absolute atomic E-state index is 0.00585. The first-order valence-electron chi connectivity index (χ1n) is 9.12. The largest absolute Gasteiger partial charge is 0.507 e. The van der Waals surface area contributed by atoms with Gasteiger partial charge in [-0.1, -0.05) is 11.6 Å². The molecule has 1 N–H and O–H groups in total. The SMILES string of the molecule is COc1ccc(/C(O)=C2/C(=O)C(=O)N(c3ccc(Cl)cc3)C2c2ccncc2)cc1. The minimum Gasteiger partial charge on any atom is -0.507 e. The van der Waals surface area contributed by atoms with Crippen molar-refractivity contribution in [2.45, 2.75) is 6.04 Å². The predicted octanol–water partition coefficient (Wildman–Crippen LogP) is 4.37. The second kappa shape index (κ2) is 8.00. The quantitative estimate of drug-likeness (QED) is 0.385. The Balaban J connectivity index is 1.90. The van der Waals surface area contributed by atoms with Crippen LogP contribution >= 0.6 is 11.6 Å². The molecular formula is C23H17ClN2O4. The zero-order valence-corrected chi connectivity index (χ0v) is 16.7. The lowest BCUT2D eigenvalue weighted by Crippen LogP contribution is -2.29. The maximum absolute atomic E-state index is 13.0. The van der Waals surface area contributed by atoms with Crippen LogP contribution in [0.25, 0.3) is 5.76 Å². The molecule has 1 fully saturated rings. The first kappa shape index (κ1) is 19.7. The van der Waals surface area contributed by atoms with Crippen molar-refractivity contribution < 1.29 is 19.4 Å². The maximum Gasteiger partial charge on any atom is 0.300 e. The van der Waals surface area contributed by atoms with Crippen LogP contribution < -0.4 is 9.64 Å². The average Bonchev–Trinajstić information content (AvgIpc) is 3.05. The number of anilines is 1. The lowest BCUT2D eigenvalue weighted by molar-refractivity contribution is -0.132. The summed E-state index contributed by atoms with van der Waals surface area (Å²) < 4.78 is 5.14. The van der Waals surface area contributed by atoms with Crippen molar-refractivity contribution in [3.05, 3.63) is 94.8 Å². The molecule has 2 aromatic carbocycles. The molecule has 150 valence electrons. The number of rotatable bonds is 4. The molecule has 4 rings (SSSR count). The highest BCUT2D eigenvalue weighted by atomic mass is 35.5. The number of hydrogen-bond donors (Lipinski definition) is 1. The van der Waals surface area contributed by atoms with Gasteiger partial charge in [-0.2, -0.15) is 0 Å². The van der Waals surface area contributed by atoms with Crippen LogP contribution in [0, 0.1) is 0 Å². The molecule has 1 aliphatic rings. The van der Waals surface area contributed by atoms with Crippen molar-refractivity contribution >= 4 is 34.7 Å². The first-order valence-corrected chi connectivity index (χ1v) is 9.50. The smallest absolute Gasteiger partial charge is 0.300 e. The van der Waals surface area contributed by atoms with Crippen molar-refractivity contribution in [1.82, 2.24) is 4.98 Å². The van der Waals surface area contributed by atoms with Gasteiger partial charge < -0.3 is 9.84 Å². The summed E-state index contributed by atoms with van der Waals surface area (Å²) in [7, 11) is 1.54. The van der Waals surface area contributed by atoms with E-state index < -0.39 is 17.7 Å². The van der Waals surface area contributed by atoms with Gasteiger partial charge in [-0.05, 0) is 66.2 Å². The van der Waals surface area contributed by atoms with Gasteiger partial charge in [0.15, 0.2) is 0 Å². The molecule has 30 heavy (non-hydrogen) atoms. The van der Waals surface area contributed by atoms with Crippen molar-refractivity contribution in [3.8, 4) is 5.75 Å². The Hall–Kier alpha value is -3.64. The Kier molecular flexibility index (Phi) is 5.25. The number of halogens is 1. The van der Waals surface area contributed by atoms with Crippen molar-refractivity contribution in [2.75, 3.05) is 12.0 Å². The Bertz CT molecular complexity index is 1130. The molecule has 3 aromatic rings. The number of aromatic nitrogens is 1. The molecule has 6 nitrogen and oxygen atoms in total. The second-order valence-electron chi connectivity index (χ2n) is 6.65. The molecule has 0 radical (unpaired) electrons. The topological polar surface area (TPSA) is 79.7 Å². The molecule has 1 saturated heterocycles. The van der Waals surface area contributed by atoms with Gasteiger partial charge in [0.2, 0.25) is 0 Å². The Morgan fingerprint density at radius 2 is 1.63 bits per heavy atom. The van der Waals surface area contributed by atoms with Crippen LogP contribution in [0.4, 0.5) is 5.69 Å². The van der Waals surface area contributed by atoms with Crippen molar-refractivity contribution in [2.24, 2.45) is 0 Å². The summed E-state index contributed by atoms with van der Waals surface area (Å²) >= 11 is 5.98. The number of aliphatic hydroxyl groups is 1. The summed E-state index contributed by atoms with van der Waals surface area (Å²) in [4.78, 5) is 31.4. The third-order valence-electron chi connectivity index (χ3n) is 4.93. The third kappa shape index (κ3) is 3.42. The van der Waals surface area contributed by atoms with E-state index in [1.807, 2.05) is 0 Å². The van der Waals surface area contributed by atoms with Crippen LogP contribution in [0.2, 0.25) is 5.02 Å². The lowest BCUT2D eigenvalue weighted by Gasteiger charge is -2.25. The highest BCUT2D eigenvalue weighted by Crippen LogP contribution is 2.42. The Morgan fingerprint density at radius 3 is 2.23 bits per heavy atom. The minimum atomic E-state index is -0.809. The molecule has 7 heteroatoms. The van der Waals surface area contributed by atoms with Crippen LogP contribution in [0.1, 0.15) is 17.2 Å². The van der Waals surface area contributed by atoms with E-state index in [1.54, 1.807) is 73.1 Å². The van der Waals surface area contributed by atoms with Crippen LogP contribution in [0.3, 0.4) is 0 Å². The molecule has 2 heterocycles.